The van der Waals surface area contributed by atoms with Crippen molar-refractivity contribution in [3.63, 3.8) is 0 Å². The van der Waals surface area contributed by atoms with Crippen molar-refractivity contribution in [1.29, 1.82) is 0 Å². The normalized spacial score (nSPS) is 14.8. The fourth-order valence-electron chi connectivity index (χ4n) is 1.95. The number of pyridine rings is 1. The van der Waals surface area contributed by atoms with Crippen LogP contribution in [0.15, 0.2) is 35.1 Å². The van der Waals surface area contributed by atoms with Gasteiger partial charge >= 0.3 is 0 Å². The van der Waals surface area contributed by atoms with Crippen molar-refractivity contribution in [3.05, 3.63) is 47.3 Å². The molecule has 2 heterocycles. The van der Waals surface area contributed by atoms with Crippen LogP contribution in [0, 0.1) is 5.82 Å². The summed E-state index contributed by atoms with van der Waals surface area (Å²) >= 11 is 5.72. The number of anilines is 1. The van der Waals surface area contributed by atoms with E-state index in [-0.39, 0.29) is 5.82 Å². The van der Waals surface area contributed by atoms with Gasteiger partial charge in [-0.25, -0.2) is 9.37 Å². The van der Waals surface area contributed by atoms with Crippen LogP contribution < -0.4 is 4.90 Å². The maximum absolute atomic E-state index is 13.9. The number of nitrogens with zero attached hydrogens (tertiary/aromatic N) is 2. The molecule has 1 fully saturated rings. The van der Waals surface area contributed by atoms with E-state index in [0.29, 0.717) is 23.4 Å². The molecule has 2 aromatic rings. The molecule has 0 aliphatic heterocycles. The van der Waals surface area contributed by atoms with E-state index < -0.39 is 0 Å². The molecule has 1 saturated carbocycles. The van der Waals surface area contributed by atoms with E-state index in [1.165, 1.54) is 12.3 Å². The minimum absolute atomic E-state index is 0.310. The number of furan rings is 1. The van der Waals surface area contributed by atoms with Crippen LogP contribution in [-0.2, 0) is 6.54 Å². The number of halogens is 2. The van der Waals surface area contributed by atoms with E-state index in [0.717, 1.165) is 18.6 Å². The first kappa shape index (κ1) is 11.5. The molecule has 5 heteroatoms. The first-order valence-corrected chi connectivity index (χ1v) is 6.22. The van der Waals surface area contributed by atoms with Gasteiger partial charge in [0.15, 0.2) is 11.6 Å². The van der Waals surface area contributed by atoms with Gasteiger partial charge in [0.05, 0.1) is 17.8 Å². The second-order valence-corrected chi connectivity index (χ2v) is 4.83. The Balaban J connectivity index is 1.89. The Morgan fingerprint density at radius 2 is 2.33 bits per heavy atom. The van der Waals surface area contributed by atoms with E-state index >= 15 is 0 Å². The molecule has 0 amide bonds. The summed E-state index contributed by atoms with van der Waals surface area (Å²) in [5.74, 6) is 0.761. The van der Waals surface area contributed by atoms with E-state index in [2.05, 4.69) is 4.98 Å². The van der Waals surface area contributed by atoms with Gasteiger partial charge in [0.1, 0.15) is 5.76 Å². The molecule has 0 bridgehead atoms. The SMILES string of the molecule is Fc1cc(Cl)cnc1N(Cc1ccco1)C1CC1. The van der Waals surface area contributed by atoms with Crippen LogP contribution in [0.1, 0.15) is 18.6 Å². The molecule has 0 N–H and O–H groups in total. The lowest BCUT2D eigenvalue weighted by Gasteiger charge is -2.22. The van der Waals surface area contributed by atoms with Gasteiger partial charge < -0.3 is 9.32 Å². The second-order valence-electron chi connectivity index (χ2n) is 4.40. The number of rotatable bonds is 4. The average molecular weight is 267 g/mol. The van der Waals surface area contributed by atoms with Crippen molar-refractivity contribution >= 4 is 17.4 Å². The predicted octanol–water partition coefficient (Wildman–Crippen LogP) is 3.64. The Labute approximate surface area is 109 Å². The highest BCUT2D eigenvalue weighted by Crippen LogP contribution is 2.33. The lowest BCUT2D eigenvalue weighted by molar-refractivity contribution is 0.496. The summed E-state index contributed by atoms with van der Waals surface area (Å²) in [5.41, 5.74) is 0. The van der Waals surface area contributed by atoms with Crippen LogP contribution in [-0.4, -0.2) is 11.0 Å². The van der Waals surface area contributed by atoms with Crippen LogP contribution >= 0.6 is 11.6 Å². The minimum Gasteiger partial charge on any atom is -0.467 e. The second kappa shape index (κ2) is 4.61. The quantitative estimate of drug-likeness (QED) is 0.846. The molecule has 0 radical (unpaired) electrons. The summed E-state index contributed by atoms with van der Waals surface area (Å²) < 4.78 is 19.2. The molecule has 3 nitrogen and oxygen atoms in total. The summed E-state index contributed by atoms with van der Waals surface area (Å²) in [6, 6.07) is 5.34. The molecule has 94 valence electrons. The molecule has 0 unspecified atom stereocenters. The van der Waals surface area contributed by atoms with Gasteiger partial charge in [0.25, 0.3) is 0 Å². The van der Waals surface area contributed by atoms with Crippen molar-refractivity contribution in [2.45, 2.75) is 25.4 Å². The lowest BCUT2D eigenvalue weighted by Crippen LogP contribution is -2.26. The zero-order valence-electron chi connectivity index (χ0n) is 9.64. The van der Waals surface area contributed by atoms with Gasteiger partial charge in [0, 0.05) is 12.2 Å². The average Bonchev–Trinajstić information content (AvgIpc) is 3.05. The Morgan fingerprint density at radius 3 is 2.94 bits per heavy atom. The molecule has 0 atom stereocenters. The molecule has 3 rings (SSSR count). The van der Waals surface area contributed by atoms with Crippen LogP contribution in [0.5, 0.6) is 0 Å². The van der Waals surface area contributed by atoms with Crippen molar-refractivity contribution in [2.75, 3.05) is 4.90 Å². The Kier molecular flexibility index (Phi) is 2.96. The molecule has 1 aliphatic rings. The highest BCUT2D eigenvalue weighted by molar-refractivity contribution is 6.30. The first-order chi connectivity index (χ1) is 8.74. The van der Waals surface area contributed by atoms with Crippen LogP contribution in [0.3, 0.4) is 0 Å². The van der Waals surface area contributed by atoms with Gasteiger partial charge in [0.2, 0.25) is 0 Å². The third-order valence-corrected chi connectivity index (χ3v) is 3.16. The maximum Gasteiger partial charge on any atom is 0.167 e. The van der Waals surface area contributed by atoms with Crippen molar-refractivity contribution < 1.29 is 8.81 Å². The van der Waals surface area contributed by atoms with Crippen LogP contribution in [0.4, 0.5) is 10.2 Å². The minimum atomic E-state index is -0.388. The molecule has 2 aromatic heterocycles. The smallest absolute Gasteiger partial charge is 0.167 e. The summed E-state index contributed by atoms with van der Waals surface area (Å²) in [4.78, 5) is 6.03. The van der Waals surface area contributed by atoms with Crippen molar-refractivity contribution in [2.24, 2.45) is 0 Å². The van der Waals surface area contributed by atoms with Crippen molar-refractivity contribution in [1.82, 2.24) is 4.98 Å². The maximum atomic E-state index is 13.9. The summed E-state index contributed by atoms with van der Waals surface area (Å²) in [5, 5.41) is 0.310. The third-order valence-electron chi connectivity index (χ3n) is 2.95. The first-order valence-electron chi connectivity index (χ1n) is 5.84. The Bertz CT molecular complexity index is 540. The summed E-state index contributed by atoms with van der Waals surface area (Å²) in [6.45, 7) is 0.531. The van der Waals surface area contributed by atoms with Crippen molar-refractivity contribution in [3.8, 4) is 0 Å². The van der Waals surface area contributed by atoms with E-state index in [1.54, 1.807) is 6.26 Å². The Hall–Kier alpha value is -1.55. The topological polar surface area (TPSA) is 29.3 Å². The zero-order chi connectivity index (χ0) is 12.5. The summed E-state index contributed by atoms with van der Waals surface area (Å²) in [7, 11) is 0. The highest BCUT2D eigenvalue weighted by Gasteiger charge is 2.32. The van der Waals surface area contributed by atoms with E-state index in [1.807, 2.05) is 17.0 Å². The lowest BCUT2D eigenvalue weighted by atomic mass is 10.3. The van der Waals surface area contributed by atoms with Gasteiger partial charge in [-0.2, -0.15) is 0 Å². The highest BCUT2D eigenvalue weighted by atomic mass is 35.5. The third kappa shape index (κ3) is 2.34. The van der Waals surface area contributed by atoms with Gasteiger partial charge in [-0.3, -0.25) is 0 Å². The molecule has 1 aliphatic carbocycles. The fraction of sp³-hybridized carbons (Fsp3) is 0.308. The van der Waals surface area contributed by atoms with E-state index in [9.17, 15) is 4.39 Å². The number of hydrogen-bond donors (Lipinski definition) is 0. The molecule has 0 spiro atoms. The largest absolute Gasteiger partial charge is 0.467 e. The standard InChI is InChI=1S/C13H12ClFN2O/c14-9-6-12(15)13(16-7-9)17(10-3-4-10)8-11-2-1-5-18-11/h1-2,5-7,10H,3-4,8H2. The molecular formula is C13H12ClFN2O. The van der Waals surface area contributed by atoms with Gasteiger partial charge in [-0.05, 0) is 31.0 Å². The van der Waals surface area contributed by atoms with Gasteiger partial charge in [-0.15, -0.1) is 0 Å². The molecular weight excluding hydrogens is 255 g/mol. The molecule has 0 saturated heterocycles. The summed E-state index contributed by atoms with van der Waals surface area (Å²) in [6.07, 6.45) is 5.21. The fourth-order valence-corrected chi connectivity index (χ4v) is 2.10. The number of aromatic nitrogens is 1. The Morgan fingerprint density at radius 1 is 1.50 bits per heavy atom. The van der Waals surface area contributed by atoms with E-state index in [4.69, 9.17) is 16.0 Å². The monoisotopic (exact) mass is 266 g/mol. The number of hydrogen-bond acceptors (Lipinski definition) is 3. The zero-order valence-corrected chi connectivity index (χ0v) is 10.4. The van der Waals surface area contributed by atoms with Crippen LogP contribution in [0.25, 0.3) is 0 Å². The van der Waals surface area contributed by atoms with Gasteiger partial charge in [-0.1, -0.05) is 11.6 Å². The molecule has 0 aromatic carbocycles. The molecule has 18 heavy (non-hydrogen) atoms. The predicted molar refractivity (Wildman–Crippen MR) is 67.1 cm³/mol. The van der Waals surface area contributed by atoms with Crippen LogP contribution in [0.2, 0.25) is 5.02 Å².